The minimum Gasteiger partial charge on any atom is -0.345 e. The lowest BCUT2D eigenvalue weighted by Gasteiger charge is -2.15. The number of pyridine rings is 1. The molecule has 0 saturated carbocycles. The fourth-order valence-electron chi connectivity index (χ4n) is 2.78. The number of aromatic nitrogens is 1. The highest BCUT2D eigenvalue weighted by atomic mass is 32.2. The predicted molar refractivity (Wildman–Crippen MR) is 117 cm³/mol. The minimum absolute atomic E-state index is 0.138. The number of nitrogens with zero attached hydrogens (tertiary/aromatic N) is 2. The van der Waals surface area contributed by atoms with E-state index in [1.807, 2.05) is 37.3 Å². The van der Waals surface area contributed by atoms with Crippen molar-refractivity contribution in [1.29, 1.82) is 5.26 Å². The van der Waals surface area contributed by atoms with Crippen LogP contribution < -0.4 is 10.6 Å². The number of amides is 2. The molecule has 1 atom stereocenters. The summed E-state index contributed by atoms with van der Waals surface area (Å²) in [6.45, 7) is 1.90. The van der Waals surface area contributed by atoms with E-state index in [4.69, 9.17) is 5.26 Å². The molecule has 1 unspecified atom stereocenters. The van der Waals surface area contributed by atoms with Crippen molar-refractivity contribution in [2.24, 2.45) is 0 Å². The summed E-state index contributed by atoms with van der Waals surface area (Å²) in [6.07, 6.45) is 3.41. The Labute approximate surface area is 179 Å². The van der Waals surface area contributed by atoms with Gasteiger partial charge in [0, 0.05) is 23.0 Å². The number of thioether (sulfide) groups is 1. The lowest BCUT2D eigenvalue weighted by atomic mass is 10.1. The molecule has 3 aromatic rings. The number of rotatable bonds is 7. The smallest absolute Gasteiger partial charge is 0.252 e. The lowest BCUT2D eigenvalue weighted by molar-refractivity contribution is -0.113. The molecular weight excluding hydrogens is 396 g/mol. The van der Waals surface area contributed by atoms with Crippen LogP contribution in [0.4, 0.5) is 5.69 Å². The van der Waals surface area contributed by atoms with E-state index >= 15 is 0 Å². The standard InChI is InChI=1S/C23H20N4O2S/c1-16(18-7-5-11-25-14-18)26-23(29)20-9-2-3-10-21(20)30-15-22(28)27-19-8-4-6-17(12-19)13-24/h2-12,14,16H,15H2,1H3,(H,26,29)(H,27,28). The third kappa shape index (κ3) is 5.69. The van der Waals surface area contributed by atoms with Crippen LogP contribution in [-0.2, 0) is 4.79 Å². The second-order valence-corrected chi connectivity index (χ2v) is 7.52. The average molecular weight is 417 g/mol. The molecule has 2 aromatic carbocycles. The maximum atomic E-state index is 12.8. The Hall–Kier alpha value is -3.63. The molecule has 2 amide bonds. The summed E-state index contributed by atoms with van der Waals surface area (Å²) in [5.74, 6) is -0.287. The topological polar surface area (TPSA) is 94.9 Å². The molecule has 0 aliphatic rings. The van der Waals surface area contributed by atoms with Gasteiger partial charge >= 0.3 is 0 Å². The van der Waals surface area contributed by atoms with Gasteiger partial charge in [-0.25, -0.2) is 0 Å². The first kappa shape index (κ1) is 21.1. The van der Waals surface area contributed by atoms with Gasteiger partial charge in [0.1, 0.15) is 0 Å². The summed E-state index contributed by atoms with van der Waals surface area (Å²) in [5.41, 5.74) is 2.47. The molecule has 150 valence electrons. The average Bonchev–Trinajstić information content (AvgIpc) is 2.78. The summed E-state index contributed by atoms with van der Waals surface area (Å²) in [7, 11) is 0. The highest BCUT2D eigenvalue weighted by Gasteiger charge is 2.16. The van der Waals surface area contributed by atoms with Crippen LogP contribution in [0.3, 0.4) is 0 Å². The van der Waals surface area contributed by atoms with E-state index < -0.39 is 0 Å². The van der Waals surface area contributed by atoms with Crippen LogP contribution in [-0.4, -0.2) is 22.6 Å². The molecule has 0 bridgehead atoms. The zero-order chi connectivity index (χ0) is 21.3. The van der Waals surface area contributed by atoms with Crippen LogP contribution in [0.2, 0.25) is 0 Å². The van der Waals surface area contributed by atoms with Crippen LogP contribution in [0.15, 0.2) is 78.0 Å². The molecule has 1 aromatic heterocycles. The van der Waals surface area contributed by atoms with E-state index in [0.29, 0.717) is 21.7 Å². The van der Waals surface area contributed by atoms with Gasteiger partial charge in [-0.3, -0.25) is 14.6 Å². The van der Waals surface area contributed by atoms with Crippen molar-refractivity contribution in [2.75, 3.05) is 11.1 Å². The van der Waals surface area contributed by atoms with Crippen LogP contribution in [0, 0.1) is 11.3 Å². The molecule has 3 rings (SSSR count). The first-order chi connectivity index (χ1) is 14.6. The van der Waals surface area contributed by atoms with Crippen molar-refractivity contribution in [3.8, 4) is 6.07 Å². The molecule has 30 heavy (non-hydrogen) atoms. The number of nitriles is 1. The Kier molecular flexibility index (Phi) is 7.19. The lowest BCUT2D eigenvalue weighted by Crippen LogP contribution is -2.27. The number of nitrogens with one attached hydrogen (secondary N) is 2. The van der Waals surface area contributed by atoms with Crippen molar-refractivity contribution in [2.45, 2.75) is 17.9 Å². The molecule has 0 fully saturated rings. The summed E-state index contributed by atoms with van der Waals surface area (Å²) in [4.78, 5) is 29.9. The number of carbonyl (C=O) groups is 2. The SMILES string of the molecule is CC(NC(=O)c1ccccc1SCC(=O)Nc1cccc(C#N)c1)c1cccnc1. The van der Waals surface area contributed by atoms with Gasteiger partial charge in [-0.1, -0.05) is 24.3 Å². The zero-order valence-corrected chi connectivity index (χ0v) is 17.1. The van der Waals surface area contributed by atoms with E-state index in [-0.39, 0.29) is 23.6 Å². The first-order valence-corrected chi connectivity index (χ1v) is 10.3. The Morgan fingerprint density at radius 1 is 1.13 bits per heavy atom. The fourth-order valence-corrected chi connectivity index (χ4v) is 3.63. The molecule has 0 aliphatic heterocycles. The number of hydrogen-bond donors (Lipinski definition) is 2. The van der Waals surface area contributed by atoms with E-state index in [9.17, 15) is 9.59 Å². The van der Waals surface area contributed by atoms with Gasteiger partial charge in [-0.15, -0.1) is 11.8 Å². The summed E-state index contributed by atoms with van der Waals surface area (Å²) in [6, 6.07) is 19.5. The summed E-state index contributed by atoms with van der Waals surface area (Å²) < 4.78 is 0. The van der Waals surface area contributed by atoms with Crippen LogP contribution >= 0.6 is 11.8 Å². The van der Waals surface area contributed by atoms with Crippen LogP contribution in [0.5, 0.6) is 0 Å². The Bertz CT molecular complexity index is 1080. The summed E-state index contributed by atoms with van der Waals surface area (Å²) in [5, 5.41) is 14.7. The number of benzene rings is 2. The molecule has 0 radical (unpaired) electrons. The minimum atomic E-state index is -0.214. The first-order valence-electron chi connectivity index (χ1n) is 9.29. The van der Waals surface area contributed by atoms with Gasteiger partial charge in [0.05, 0.1) is 29.0 Å². The quantitative estimate of drug-likeness (QED) is 0.564. The monoisotopic (exact) mass is 416 g/mol. The van der Waals surface area contributed by atoms with Crippen LogP contribution in [0.25, 0.3) is 0 Å². The number of hydrogen-bond acceptors (Lipinski definition) is 5. The normalized spacial score (nSPS) is 11.2. The van der Waals surface area contributed by atoms with Gasteiger partial charge in [-0.05, 0) is 48.9 Å². The predicted octanol–water partition coefficient (Wildman–Crippen LogP) is 4.18. The highest BCUT2D eigenvalue weighted by molar-refractivity contribution is 8.00. The molecule has 0 aliphatic carbocycles. The molecule has 0 saturated heterocycles. The maximum absolute atomic E-state index is 12.8. The van der Waals surface area contributed by atoms with Gasteiger partial charge in [0.25, 0.3) is 5.91 Å². The molecule has 0 spiro atoms. The van der Waals surface area contributed by atoms with Crippen molar-refractivity contribution in [1.82, 2.24) is 10.3 Å². The van der Waals surface area contributed by atoms with Crippen molar-refractivity contribution < 1.29 is 9.59 Å². The number of carbonyl (C=O) groups excluding carboxylic acids is 2. The zero-order valence-electron chi connectivity index (χ0n) is 16.3. The maximum Gasteiger partial charge on any atom is 0.252 e. The van der Waals surface area contributed by atoms with E-state index in [0.717, 1.165) is 5.56 Å². The fraction of sp³-hybridized carbons (Fsp3) is 0.130. The second-order valence-electron chi connectivity index (χ2n) is 6.51. The second kappa shape index (κ2) is 10.2. The Morgan fingerprint density at radius 2 is 1.97 bits per heavy atom. The Morgan fingerprint density at radius 3 is 2.73 bits per heavy atom. The van der Waals surface area contributed by atoms with Crippen molar-refractivity contribution >= 4 is 29.3 Å². The van der Waals surface area contributed by atoms with E-state index in [1.165, 1.54) is 11.8 Å². The van der Waals surface area contributed by atoms with E-state index in [2.05, 4.69) is 15.6 Å². The third-order valence-electron chi connectivity index (χ3n) is 4.30. The van der Waals surface area contributed by atoms with E-state index in [1.54, 1.807) is 48.8 Å². The molecule has 2 N–H and O–H groups in total. The molecule has 7 heteroatoms. The molecule has 1 heterocycles. The van der Waals surface area contributed by atoms with Crippen molar-refractivity contribution in [3.05, 3.63) is 89.7 Å². The van der Waals surface area contributed by atoms with Gasteiger partial charge < -0.3 is 10.6 Å². The number of anilines is 1. The Balaban J connectivity index is 1.62. The largest absolute Gasteiger partial charge is 0.345 e. The third-order valence-corrected chi connectivity index (χ3v) is 5.37. The van der Waals surface area contributed by atoms with Gasteiger partial charge in [0.15, 0.2) is 0 Å². The summed E-state index contributed by atoms with van der Waals surface area (Å²) >= 11 is 1.29. The molecule has 6 nitrogen and oxygen atoms in total. The van der Waals surface area contributed by atoms with Crippen LogP contribution in [0.1, 0.15) is 34.5 Å². The van der Waals surface area contributed by atoms with Gasteiger partial charge in [-0.2, -0.15) is 5.26 Å². The molecular formula is C23H20N4O2S. The highest BCUT2D eigenvalue weighted by Crippen LogP contribution is 2.24. The van der Waals surface area contributed by atoms with Gasteiger partial charge in [0.2, 0.25) is 5.91 Å². The van der Waals surface area contributed by atoms with Crippen molar-refractivity contribution in [3.63, 3.8) is 0 Å².